The predicted molar refractivity (Wildman–Crippen MR) is 63.7 cm³/mol. The number of thioether (sulfide) groups is 1. The van der Waals surface area contributed by atoms with Gasteiger partial charge in [-0.1, -0.05) is 27.7 Å². The van der Waals surface area contributed by atoms with Crippen LogP contribution in [0.3, 0.4) is 0 Å². The van der Waals surface area contributed by atoms with Gasteiger partial charge >= 0.3 is 11.9 Å². The fourth-order valence-corrected chi connectivity index (χ4v) is 2.19. The molecule has 102 valence electrons. The molecule has 0 aliphatic heterocycles. The van der Waals surface area contributed by atoms with Gasteiger partial charge in [0.15, 0.2) is 0 Å². The van der Waals surface area contributed by atoms with E-state index in [1.165, 1.54) is 24.3 Å². The normalized spacial score (nSPS) is 13.8. The van der Waals surface area contributed by atoms with Gasteiger partial charge in [0.05, 0.1) is 0 Å². The number of benzene rings is 1. The van der Waals surface area contributed by atoms with Crippen molar-refractivity contribution in [3.05, 3.63) is 28.7 Å². The van der Waals surface area contributed by atoms with Gasteiger partial charge in [-0.05, 0) is 24.3 Å². The van der Waals surface area contributed by atoms with Gasteiger partial charge in [0.25, 0.3) is 4.93 Å². The zero-order chi connectivity index (χ0) is 14.2. The van der Waals surface area contributed by atoms with E-state index in [0.717, 1.165) is 0 Å². The molecule has 7 nitrogen and oxygen atoms in total. The van der Waals surface area contributed by atoms with Crippen molar-refractivity contribution in [2.45, 2.75) is 21.8 Å². The minimum absolute atomic E-state index is 0.0483. The second-order valence-electron chi connectivity index (χ2n) is 3.47. The zero-order valence-electron chi connectivity index (χ0n) is 8.73. The monoisotopic (exact) mass is 342 g/mol. The molecule has 0 bridgehead atoms. The topological polar surface area (TPSA) is 142 Å². The van der Waals surface area contributed by atoms with Gasteiger partial charge in [0, 0.05) is 9.37 Å². The summed E-state index contributed by atoms with van der Waals surface area (Å²) in [5, 5.41) is 63.3. The van der Waals surface area contributed by atoms with Crippen LogP contribution >= 0.6 is 27.7 Å². The Labute approximate surface area is 114 Å². The number of rotatable bonds is 4. The Balaban J connectivity index is 3.12. The highest BCUT2D eigenvalue weighted by Crippen LogP contribution is 2.42. The van der Waals surface area contributed by atoms with Crippen LogP contribution in [0.2, 0.25) is 0 Å². The van der Waals surface area contributed by atoms with Crippen LogP contribution in [0.25, 0.3) is 0 Å². The minimum Gasteiger partial charge on any atom is -0.366 e. The van der Waals surface area contributed by atoms with E-state index in [1.54, 1.807) is 0 Å². The van der Waals surface area contributed by atoms with E-state index in [0.29, 0.717) is 4.47 Å². The Bertz CT molecular complexity index is 394. The fourth-order valence-electron chi connectivity index (χ4n) is 1.04. The van der Waals surface area contributed by atoms with Gasteiger partial charge in [-0.3, -0.25) is 0 Å². The van der Waals surface area contributed by atoms with Crippen molar-refractivity contribution in [3.63, 3.8) is 0 Å². The molecule has 0 fully saturated rings. The first-order valence-corrected chi connectivity index (χ1v) is 6.09. The molecule has 18 heavy (non-hydrogen) atoms. The van der Waals surface area contributed by atoms with E-state index in [9.17, 15) is 5.11 Å². The van der Waals surface area contributed by atoms with Crippen molar-refractivity contribution in [1.82, 2.24) is 0 Å². The van der Waals surface area contributed by atoms with Crippen molar-refractivity contribution >= 4 is 27.7 Å². The van der Waals surface area contributed by atoms with Crippen molar-refractivity contribution < 1.29 is 35.7 Å². The molecular formula is C9H11BrO7S. The lowest BCUT2D eigenvalue weighted by Gasteiger charge is -2.39. The molecule has 0 aliphatic carbocycles. The molecule has 0 heterocycles. The molecule has 1 aromatic rings. The Morgan fingerprint density at radius 1 is 0.778 bits per heavy atom. The summed E-state index contributed by atoms with van der Waals surface area (Å²) in [7, 11) is 0. The Morgan fingerprint density at radius 3 is 1.50 bits per heavy atom. The average molecular weight is 343 g/mol. The summed E-state index contributed by atoms with van der Waals surface area (Å²) in [6.07, 6.45) is 0. The molecular weight excluding hydrogens is 332 g/mol. The van der Waals surface area contributed by atoms with E-state index >= 15 is 0 Å². The molecule has 1 aromatic carbocycles. The summed E-state index contributed by atoms with van der Waals surface area (Å²) in [4.78, 5) is -3.36. The largest absolute Gasteiger partial charge is 0.366 e. The van der Waals surface area contributed by atoms with E-state index in [-0.39, 0.29) is 16.7 Å². The van der Waals surface area contributed by atoms with Gasteiger partial charge in [-0.2, -0.15) is 0 Å². The third-order valence-electron chi connectivity index (χ3n) is 1.99. The van der Waals surface area contributed by atoms with Crippen LogP contribution < -0.4 is 0 Å². The average Bonchev–Trinajstić information content (AvgIpc) is 2.18. The molecule has 0 unspecified atom stereocenters. The van der Waals surface area contributed by atoms with E-state index in [4.69, 9.17) is 30.6 Å². The zero-order valence-corrected chi connectivity index (χ0v) is 11.1. The molecule has 0 aromatic heterocycles. The highest BCUT2D eigenvalue weighted by atomic mass is 79.9. The molecule has 0 atom stereocenters. The Hall–Kier alpha value is -0.230. The molecule has 0 amide bonds. The number of aliphatic hydroxyl groups is 7. The van der Waals surface area contributed by atoms with Gasteiger partial charge in [-0.25, -0.2) is 0 Å². The molecule has 0 spiro atoms. The quantitative estimate of drug-likeness (QED) is 0.258. The first-order chi connectivity index (χ1) is 7.97. The SMILES string of the molecule is OC(O)(O)C(O)(Sc1ccc(Br)cc1)C(O)(O)O. The Morgan fingerprint density at radius 2 is 1.17 bits per heavy atom. The molecule has 0 saturated heterocycles. The lowest BCUT2D eigenvalue weighted by molar-refractivity contribution is -0.464. The fraction of sp³-hybridized carbons (Fsp3) is 0.333. The third-order valence-corrected chi connectivity index (χ3v) is 3.87. The second-order valence-corrected chi connectivity index (χ2v) is 5.65. The lowest BCUT2D eigenvalue weighted by atomic mass is 10.2. The summed E-state index contributed by atoms with van der Waals surface area (Å²) in [5.74, 6) is -7.91. The van der Waals surface area contributed by atoms with Gasteiger partial charge in [-0.15, -0.1) is 0 Å². The van der Waals surface area contributed by atoms with Crippen LogP contribution in [0.5, 0.6) is 0 Å². The van der Waals surface area contributed by atoms with Gasteiger partial charge in [0.1, 0.15) is 0 Å². The maximum absolute atomic E-state index is 9.66. The van der Waals surface area contributed by atoms with Crippen molar-refractivity contribution in [2.24, 2.45) is 0 Å². The summed E-state index contributed by atoms with van der Waals surface area (Å²) < 4.78 is 0.682. The first-order valence-electron chi connectivity index (χ1n) is 4.48. The Kier molecular flexibility index (Phi) is 4.43. The van der Waals surface area contributed by atoms with E-state index < -0.39 is 16.9 Å². The highest BCUT2D eigenvalue weighted by Gasteiger charge is 2.63. The summed E-state index contributed by atoms with van der Waals surface area (Å²) in [6.45, 7) is 0. The summed E-state index contributed by atoms with van der Waals surface area (Å²) in [5.41, 5.74) is 0. The van der Waals surface area contributed by atoms with Gasteiger partial charge < -0.3 is 35.7 Å². The second kappa shape index (κ2) is 5.04. The number of hydrogen-bond acceptors (Lipinski definition) is 8. The summed E-state index contributed by atoms with van der Waals surface area (Å²) >= 11 is 3.18. The molecule has 1 rings (SSSR count). The van der Waals surface area contributed by atoms with Crippen LogP contribution in [0.15, 0.2) is 33.6 Å². The summed E-state index contributed by atoms with van der Waals surface area (Å²) in [6, 6.07) is 5.78. The number of halogens is 1. The van der Waals surface area contributed by atoms with Crippen LogP contribution in [-0.4, -0.2) is 52.6 Å². The first kappa shape index (κ1) is 15.8. The van der Waals surface area contributed by atoms with Crippen molar-refractivity contribution in [3.8, 4) is 0 Å². The maximum Gasteiger partial charge on any atom is 0.325 e. The van der Waals surface area contributed by atoms with Crippen LogP contribution in [0, 0.1) is 0 Å². The lowest BCUT2D eigenvalue weighted by Crippen LogP contribution is -2.66. The van der Waals surface area contributed by atoms with Crippen LogP contribution in [-0.2, 0) is 0 Å². The van der Waals surface area contributed by atoms with Crippen LogP contribution in [0.4, 0.5) is 0 Å². The highest BCUT2D eigenvalue weighted by molar-refractivity contribution is 9.10. The van der Waals surface area contributed by atoms with E-state index in [1.807, 2.05) is 0 Å². The van der Waals surface area contributed by atoms with Crippen LogP contribution in [0.1, 0.15) is 0 Å². The maximum atomic E-state index is 9.66. The minimum atomic E-state index is -3.96. The molecule has 7 N–H and O–H groups in total. The molecule has 9 heteroatoms. The standard InChI is InChI=1S/C9H11BrO7S/c10-5-1-3-6(4-2-5)18-7(11,8(12,13)14)9(15,16)17/h1-4,11-17H. The predicted octanol–water partition coefficient (Wildman–Crippen LogP) is -1.51. The third kappa shape index (κ3) is 3.20. The van der Waals surface area contributed by atoms with E-state index in [2.05, 4.69) is 15.9 Å². The van der Waals surface area contributed by atoms with Gasteiger partial charge in [0.2, 0.25) is 0 Å². The molecule has 0 saturated carbocycles. The molecule has 0 radical (unpaired) electrons. The number of hydrogen-bond donors (Lipinski definition) is 7. The smallest absolute Gasteiger partial charge is 0.325 e. The molecule has 0 aliphatic rings. The van der Waals surface area contributed by atoms with Crippen molar-refractivity contribution in [1.29, 1.82) is 0 Å². The van der Waals surface area contributed by atoms with Crippen molar-refractivity contribution in [2.75, 3.05) is 0 Å².